The van der Waals surface area contributed by atoms with E-state index in [0.717, 1.165) is 11.3 Å². The van der Waals surface area contributed by atoms with Crippen molar-refractivity contribution in [1.29, 1.82) is 0 Å². The van der Waals surface area contributed by atoms with Crippen LogP contribution in [0.15, 0.2) is 65.1 Å². The predicted molar refractivity (Wildman–Crippen MR) is 96.1 cm³/mol. The lowest BCUT2D eigenvalue weighted by atomic mass is 10.1. The zero-order valence-electron chi connectivity index (χ0n) is 13.3. The fourth-order valence-electron chi connectivity index (χ4n) is 2.49. The highest BCUT2D eigenvalue weighted by atomic mass is 32.1. The van der Waals surface area contributed by atoms with Gasteiger partial charge in [0.2, 0.25) is 0 Å². The second-order valence-electron chi connectivity index (χ2n) is 5.46. The second-order valence-corrected chi connectivity index (χ2v) is 6.32. The Morgan fingerprint density at radius 2 is 2.24 bits per heavy atom. The van der Waals surface area contributed by atoms with Crippen molar-refractivity contribution < 1.29 is 9.21 Å². The van der Waals surface area contributed by atoms with Gasteiger partial charge in [-0.25, -0.2) is 9.97 Å². The summed E-state index contributed by atoms with van der Waals surface area (Å²) < 4.78 is 7.14. The third-order valence-electron chi connectivity index (χ3n) is 3.68. The van der Waals surface area contributed by atoms with Crippen molar-refractivity contribution in [2.24, 2.45) is 0 Å². The van der Waals surface area contributed by atoms with Crippen molar-refractivity contribution in [1.82, 2.24) is 14.5 Å². The molecule has 1 N–H and O–H groups in total. The lowest BCUT2D eigenvalue weighted by Crippen LogP contribution is -2.15. The maximum absolute atomic E-state index is 12.8. The lowest BCUT2D eigenvalue weighted by molar-refractivity contribution is 0.102. The molecular weight excluding hydrogens is 336 g/mol. The average molecular weight is 350 g/mol. The fraction of sp³-hybridized carbons (Fsp3) is 0.0556. The highest BCUT2D eigenvalue weighted by Gasteiger charge is 2.15. The van der Waals surface area contributed by atoms with Gasteiger partial charge in [0.05, 0.1) is 23.8 Å². The van der Waals surface area contributed by atoms with Crippen LogP contribution in [0.25, 0.3) is 17.1 Å². The van der Waals surface area contributed by atoms with Gasteiger partial charge in [-0.05, 0) is 31.2 Å². The summed E-state index contributed by atoms with van der Waals surface area (Å²) in [5, 5.41) is 5.23. The standard InChI is InChI=1S/C18H14N4O2S/c1-12-4-5-15(22-7-6-19-11-22)13(9-12)17(23)21-18-20-14(10-25-18)16-3-2-8-24-16/h2-11H,1H3,(H,20,21,23). The first-order valence-electron chi connectivity index (χ1n) is 7.60. The minimum absolute atomic E-state index is 0.215. The summed E-state index contributed by atoms with van der Waals surface area (Å²) in [6, 6.07) is 9.35. The number of imidazole rings is 1. The van der Waals surface area contributed by atoms with Gasteiger partial charge >= 0.3 is 0 Å². The van der Waals surface area contributed by atoms with Crippen LogP contribution in [0.4, 0.5) is 5.13 Å². The molecule has 0 aliphatic carbocycles. The highest BCUT2D eigenvalue weighted by Crippen LogP contribution is 2.26. The molecule has 3 aromatic heterocycles. The molecule has 0 fully saturated rings. The lowest BCUT2D eigenvalue weighted by Gasteiger charge is -2.10. The van der Waals surface area contributed by atoms with E-state index in [0.29, 0.717) is 22.1 Å². The first-order chi connectivity index (χ1) is 12.2. The molecule has 6 nitrogen and oxygen atoms in total. The number of hydrogen-bond donors (Lipinski definition) is 1. The van der Waals surface area contributed by atoms with E-state index in [-0.39, 0.29) is 5.91 Å². The van der Waals surface area contributed by atoms with Gasteiger partial charge < -0.3 is 8.98 Å². The van der Waals surface area contributed by atoms with Crippen molar-refractivity contribution >= 4 is 22.4 Å². The molecule has 0 spiro atoms. The quantitative estimate of drug-likeness (QED) is 0.600. The van der Waals surface area contributed by atoms with Gasteiger partial charge in [-0.1, -0.05) is 11.6 Å². The first-order valence-corrected chi connectivity index (χ1v) is 8.48. The van der Waals surface area contributed by atoms with Gasteiger partial charge in [0.15, 0.2) is 10.9 Å². The number of benzene rings is 1. The van der Waals surface area contributed by atoms with E-state index in [9.17, 15) is 4.79 Å². The Hall–Kier alpha value is -3.19. The molecular formula is C18H14N4O2S. The number of thiazole rings is 1. The normalized spacial score (nSPS) is 10.8. The SMILES string of the molecule is Cc1ccc(-n2ccnc2)c(C(=O)Nc2nc(-c3ccco3)cs2)c1. The Morgan fingerprint density at radius 3 is 3.00 bits per heavy atom. The molecule has 0 radical (unpaired) electrons. The number of carbonyl (C=O) groups is 1. The van der Waals surface area contributed by atoms with Crippen LogP contribution >= 0.6 is 11.3 Å². The Kier molecular flexibility index (Phi) is 3.91. The van der Waals surface area contributed by atoms with Gasteiger partial charge in [-0.3, -0.25) is 10.1 Å². The molecule has 0 aliphatic heterocycles. The summed E-state index contributed by atoms with van der Waals surface area (Å²) in [6.45, 7) is 1.95. The van der Waals surface area contributed by atoms with E-state index in [4.69, 9.17) is 4.42 Å². The Labute approximate surface area is 147 Å². The fourth-order valence-corrected chi connectivity index (χ4v) is 3.19. The molecule has 0 atom stereocenters. The maximum Gasteiger partial charge on any atom is 0.259 e. The molecule has 7 heteroatoms. The largest absolute Gasteiger partial charge is 0.463 e. The molecule has 3 heterocycles. The molecule has 0 saturated heterocycles. The van der Waals surface area contributed by atoms with Gasteiger partial charge in [0, 0.05) is 17.8 Å². The predicted octanol–water partition coefficient (Wildman–Crippen LogP) is 4.15. The van der Waals surface area contributed by atoms with Crippen molar-refractivity contribution in [3.05, 3.63) is 71.8 Å². The van der Waals surface area contributed by atoms with Gasteiger partial charge in [-0.2, -0.15) is 0 Å². The van der Waals surface area contributed by atoms with E-state index < -0.39 is 0 Å². The number of furan rings is 1. The van der Waals surface area contributed by atoms with Crippen molar-refractivity contribution in [3.63, 3.8) is 0 Å². The number of rotatable bonds is 4. The zero-order valence-corrected chi connectivity index (χ0v) is 14.2. The summed E-state index contributed by atoms with van der Waals surface area (Å²) in [5.41, 5.74) is 3.03. The Bertz CT molecular complexity index is 1000. The van der Waals surface area contributed by atoms with E-state index in [1.807, 2.05) is 41.1 Å². The van der Waals surface area contributed by atoms with Crippen molar-refractivity contribution in [2.45, 2.75) is 6.92 Å². The summed E-state index contributed by atoms with van der Waals surface area (Å²) in [6.07, 6.45) is 6.74. The van der Waals surface area contributed by atoms with E-state index in [1.54, 1.807) is 31.1 Å². The number of carbonyl (C=O) groups excluding carboxylic acids is 1. The Morgan fingerprint density at radius 1 is 1.32 bits per heavy atom. The van der Waals surface area contributed by atoms with Crippen molar-refractivity contribution in [3.8, 4) is 17.1 Å². The monoisotopic (exact) mass is 350 g/mol. The third kappa shape index (κ3) is 3.09. The summed E-state index contributed by atoms with van der Waals surface area (Å²) in [5.74, 6) is 0.458. The van der Waals surface area contributed by atoms with Crippen LogP contribution < -0.4 is 5.32 Å². The van der Waals surface area contributed by atoms with Gasteiger partial charge in [0.1, 0.15) is 5.69 Å². The number of aryl methyl sites for hydroxylation is 1. The van der Waals surface area contributed by atoms with Crippen LogP contribution in [0.2, 0.25) is 0 Å². The molecule has 0 aliphatic rings. The minimum Gasteiger partial charge on any atom is -0.463 e. The van der Waals surface area contributed by atoms with Crippen LogP contribution in [0.1, 0.15) is 15.9 Å². The summed E-state index contributed by atoms with van der Waals surface area (Å²) in [4.78, 5) is 21.2. The molecule has 4 aromatic rings. The van der Waals surface area contributed by atoms with E-state index >= 15 is 0 Å². The van der Waals surface area contributed by atoms with Crippen LogP contribution in [-0.2, 0) is 0 Å². The third-order valence-corrected chi connectivity index (χ3v) is 4.44. The zero-order chi connectivity index (χ0) is 17.2. The number of amides is 1. The van der Waals surface area contributed by atoms with Crippen LogP contribution in [0.3, 0.4) is 0 Å². The summed E-state index contributed by atoms with van der Waals surface area (Å²) in [7, 11) is 0. The number of nitrogens with zero attached hydrogens (tertiary/aromatic N) is 3. The second kappa shape index (κ2) is 6.37. The van der Waals surface area contributed by atoms with Gasteiger partial charge in [0.25, 0.3) is 5.91 Å². The van der Waals surface area contributed by atoms with E-state index in [1.165, 1.54) is 11.3 Å². The van der Waals surface area contributed by atoms with Crippen molar-refractivity contribution in [2.75, 3.05) is 5.32 Å². The molecule has 1 aromatic carbocycles. The topological polar surface area (TPSA) is 73.0 Å². The average Bonchev–Trinajstić information content (AvgIpc) is 3.36. The Balaban J connectivity index is 1.62. The minimum atomic E-state index is -0.215. The number of hydrogen-bond acceptors (Lipinski definition) is 5. The van der Waals surface area contributed by atoms with Gasteiger partial charge in [-0.15, -0.1) is 11.3 Å². The molecule has 4 rings (SSSR count). The maximum atomic E-state index is 12.8. The number of aromatic nitrogens is 3. The van der Waals surface area contributed by atoms with Crippen LogP contribution in [-0.4, -0.2) is 20.4 Å². The van der Waals surface area contributed by atoms with E-state index in [2.05, 4.69) is 15.3 Å². The molecule has 0 unspecified atom stereocenters. The number of nitrogens with one attached hydrogen (secondary N) is 1. The molecule has 0 saturated carbocycles. The number of anilines is 1. The molecule has 25 heavy (non-hydrogen) atoms. The molecule has 124 valence electrons. The first kappa shape index (κ1) is 15.3. The summed E-state index contributed by atoms with van der Waals surface area (Å²) >= 11 is 1.36. The van der Waals surface area contributed by atoms with Crippen LogP contribution in [0.5, 0.6) is 0 Å². The molecule has 1 amide bonds. The smallest absolute Gasteiger partial charge is 0.259 e. The molecule has 0 bridgehead atoms. The van der Waals surface area contributed by atoms with Crippen LogP contribution in [0, 0.1) is 6.92 Å². The highest BCUT2D eigenvalue weighted by molar-refractivity contribution is 7.14.